The number of ether oxygens (including phenoxy) is 1. The molecule has 36 heavy (non-hydrogen) atoms. The fraction of sp³-hybridized carbons (Fsp3) is 0.321. The number of para-hydroxylation sites is 1. The molecule has 0 spiro atoms. The SMILES string of the molecule is CCOc1ccc(S(=O)(=O)N(CC(=O)N2CCN(c3ccccc3)CC2)Cc2ccccc2)cc1C. The topological polar surface area (TPSA) is 70.2 Å². The van der Waals surface area contributed by atoms with Crippen molar-refractivity contribution in [2.24, 2.45) is 0 Å². The molecule has 1 heterocycles. The average molecular weight is 508 g/mol. The summed E-state index contributed by atoms with van der Waals surface area (Å²) >= 11 is 0. The van der Waals surface area contributed by atoms with Crippen LogP contribution in [0.2, 0.25) is 0 Å². The Morgan fingerprint density at radius 3 is 2.17 bits per heavy atom. The molecule has 0 radical (unpaired) electrons. The number of rotatable bonds is 9. The molecule has 0 bridgehead atoms. The maximum Gasteiger partial charge on any atom is 0.243 e. The number of hydrogen-bond donors (Lipinski definition) is 0. The van der Waals surface area contributed by atoms with E-state index in [0.717, 1.165) is 16.8 Å². The lowest BCUT2D eigenvalue weighted by Crippen LogP contribution is -2.51. The van der Waals surface area contributed by atoms with Gasteiger partial charge < -0.3 is 14.5 Å². The lowest BCUT2D eigenvalue weighted by atomic mass is 10.2. The Morgan fingerprint density at radius 2 is 1.56 bits per heavy atom. The molecule has 1 fully saturated rings. The van der Waals surface area contributed by atoms with Gasteiger partial charge in [0.05, 0.1) is 18.0 Å². The quantitative estimate of drug-likeness (QED) is 0.439. The Morgan fingerprint density at radius 1 is 0.917 bits per heavy atom. The highest BCUT2D eigenvalue weighted by atomic mass is 32.2. The van der Waals surface area contributed by atoms with Crippen LogP contribution in [0.5, 0.6) is 5.75 Å². The van der Waals surface area contributed by atoms with Crippen LogP contribution < -0.4 is 9.64 Å². The third-order valence-electron chi connectivity index (χ3n) is 6.35. The first-order valence-corrected chi connectivity index (χ1v) is 13.7. The van der Waals surface area contributed by atoms with Gasteiger partial charge in [0, 0.05) is 38.4 Å². The van der Waals surface area contributed by atoms with Crippen molar-refractivity contribution in [1.29, 1.82) is 0 Å². The van der Waals surface area contributed by atoms with Crippen LogP contribution in [0.1, 0.15) is 18.1 Å². The first kappa shape index (κ1) is 25.7. The number of piperazine rings is 1. The van der Waals surface area contributed by atoms with Gasteiger partial charge in [-0.2, -0.15) is 4.31 Å². The molecule has 1 aliphatic rings. The van der Waals surface area contributed by atoms with Crippen LogP contribution in [-0.4, -0.2) is 62.9 Å². The molecule has 8 heteroatoms. The minimum atomic E-state index is -3.92. The normalized spacial score (nSPS) is 14.2. The van der Waals surface area contributed by atoms with Crippen LogP contribution in [0.25, 0.3) is 0 Å². The van der Waals surface area contributed by atoms with Crippen molar-refractivity contribution in [3.63, 3.8) is 0 Å². The van der Waals surface area contributed by atoms with Gasteiger partial charge in [-0.15, -0.1) is 0 Å². The highest BCUT2D eigenvalue weighted by Gasteiger charge is 2.30. The zero-order valence-corrected chi connectivity index (χ0v) is 21.7. The van der Waals surface area contributed by atoms with Crippen molar-refractivity contribution in [3.05, 3.63) is 90.0 Å². The highest BCUT2D eigenvalue weighted by molar-refractivity contribution is 7.89. The summed E-state index contributed by atoms with van der Waals surface area (Å²) in [6.45, 7) is 6.63. The van der Waals surface area contributed by atoms with Crippen molar-refractivity contribution in [3.8, 4) is 5.75 Å². The van der Waals surface area contributed by atoms with Gasteiger partial charge in [0.1, 0.15) is 5.75 Å². The summed E-state index contributed by atoms with van der Waals surface area (Å²) in [5, 5.41) is 0. The predicted octanol–water partition coefficient (Wildman–Crippen LogP) is 3.93. The fourth-order valence-electron chi connectivity index (χ4n) is 4.37. The number of nitrogens with zero attached hydrogens (tertiary/aromatic N) is 3. The van der Waals surface area contributed by atoms with Gasteiger partial charge in [0.2, 0.25) is 15.9 Å². The summed E-state index contributed by atoms with van der Waals surface area (Å²) in [7, 11) is -3.92. The van der Waals surface area contributed by atoms with Crippen LogP contribution >= 0.6 is 0 Å². The van der Waals surface area contributed by atoms with Crippen LogP contribution in [0.4, 0.5) is 5.69 Å². The molecular weight excluding hydrogens is 474 g/mol. The van der Waals surface area contributed by atoms with E-state index in [-0.39, 0.29) is 23.9 Å². The Kier molecular flexibility index (Phi) is 8.28. The Balaban J connectivity index is 1.52. The summed E-state index contributed by atoms with van der Waals surface area (Å²) in [4.78, 5) is 17.5. The molecule has 4 rings (SSSR count). The zero-order chi connectivity index (χ0) is 25.5. The van der Waals surface area contributed by atoms with E-state index in [0.29, 0.717) is 38.5 Å². The van der Waals surface area contributed by atoms with Crippen LogP contribution in [0.3, 0.4) is 0 Å². The third-order valence-corrected chi connectivity index (χ3v) is 8.14. The van der Waals surface area contributed by atoms with E-state index in [1.807, 2.05) is 62.4 Å². The van der Waals surface area contributed by atoms with Crippen molar-refractivity contribution in [2.75, 3.05) is 44.2 Å². The van der Waals surface area contributed by atoms with Gasteiger partial charge in [-0.1, -0.05) is 48.5 Å². The molecule has 0 unspecified atom stereocenters. The first-order valence-electron chi connectivity index (χ1n) is 12.2. The molecular formula is C28H33N3O4S. The van der Waals surface area contributed by atoms with E-state index < -0.39 is 10.0 Å². The smallest absolute Gasteiger partial charge is 0.243 e. The molecule has 1 amide bonds. The maximum atomic E-state index is 13.7. The van der Waals surface area contributed by atoms with Gasteiger partial charge >= 0.3 is 0 Å². The van der Waals surface area contributed by atoms with Gasteiger partial charge in [-0.05, 0) is 55.3 Å². The summed E-state index contributed by atoms with van der Waals surface area (Å²) in [6, 6.07) is 24.3. The number of benzene rings is 3. The molecule has 1 aliphatic heterocycles. The van der Waals surface area contributed by atoms with Crippen molar-refractivity contribution >= 4 is 21.6 Å². The van der Waals surface area contributed by atoms with Crippen molar-refractivity contribution in [1.82, 2.24) is 9.21 Å². The van der Waals surface area contributed by atoms with Crippen molar-refractivity contribution < 1.29 is 17.9 Å². The number of carbonyl (C=O) groups is 1. The first-order chi connectivity index (χ1) is 17.4. The highest BCUT2D eigenvalue weighted by Crippen LogP contribution is 2.25. The molecule has 0 atom stereocenters. The summed E-state index contributed by atoms with van der Waals surface area (Å²) < 4.78 is 34.3. The minimum Gasteiger partial charge on any atom is -0.494 e. The molecule has 7 nitrogen and oxygen atoms in total. The van der Waals surface area contributed by atoms with E-state index in [1.54, 1.807) is 23.1 Å². The van der Waals surface area contributed by atoms with E-state index in [4.69, 9.17) is 4.74 Å². The monoisotopic (exact) mass is 507 g/mol. The van der Waals surface area contributed by atoms with Crippen LogP contribution in [0.15, 0.2) is 83.8 Å². The largest absolute Gasteiger partial charge is 0.494 e. The van der Waals surface area contributed by atoms with Gasteiger partial charge in [-0.25, -0.2) is 8.42 Å². The molecule has 0 aromatic heterocycles. The molecule has 190 valence electrons. The number of amides is 1. The predicted molar refractivity (Wildman–Crippen MR) is 142 cm³/mol. The number of anilines is 1. The van der Waals surface area contributed by atoms with Crippen LogP contribution in [0, 0.1) is 6.92 Å². The second-order valence-corrected chi connectivity index (χ2v) is 10.8. The van der Waals surface area contributed by atoms with Gasteiger partial charge in [0.25, 0.3) is 0 Å². The molecule has 0 N–H and O–H groups in total. The molecule has 0 aliphatic carbocycles. The van der Waals surface area contributed by atoms with E-state index >= 15 is 0 Å². The number of carbonyl (C=O) groups excluding carboxylic acids is 1. The number of sulfonamides is 1. The molecule has 0 saturated carbocycles. The molecule has 3 aromatic rings. The standard InChI is InChI=1S/C28H33N3O4S/c1-3-35-27-15-14-26(20-23(27)2)36(33,34)31(21-24-10-6-4-7-11-24)22-28(32)30-18-16-29(17-19-30)25-12-8-5-9-13-25/h4-15,20H,3,16-19,21-22H2,1-2H3. The van der Waals surface area contributed by atoms with E-state index in [9.17, 15) is 13.2 Å². The van der Waals surface area contributed by atoms with Crippen molar-refractivity contribution in [2.45, 2.75) is 25.3 Å². The minimum absolute atomic E-state index is 0.116. The number of aryl methyl sites for hydroxylation is 1. The summed E-state index contributed by atoms with van der Waals surface area (Å²) in [5.41, 5.74) is 2.69. The fourth-order valence-corrected chi connectivity index (χ4v) is 5.83. The Hall–Kier alpha value is -3.36. The Bertz CT molecular complexity index is 1260. The second kappa shape index (κ2) is 11.6. The van der Waals surface area contributed by atoms with E-state index in [2.05, 4.69) is 17.0 Å². The van der Waals surface area contributed by atoms with E-state index in [1.165, 1.54) is 4.31 Å². The average Bonchev–Trinajstić information content (AvgIpc) is 2.90. The lowest BCUT2D eigenvalue weighted by molar-refractivity contribution is -0.131. The summed E-state index contributed by atoms with van der Waals surface area (Å²) in [6.07, 6.45) is 0. The lowest BCUT2D eigenvalue weighted by Gasteiger charge is -2.37. The third kappa shape index (κ3) is 6.06. The number of hydrogen-bond acceptors (Lipinski definition) is 5. The van der Waals surface area contributed by atoms with Gasteiger partial charge in [0.15, 0.2) is 0 Å². The second-order valence-electron chi connectivity index (χ2n) is 8.82. The summed E-state index contributed by atoms with van der Waals surface area (Å²) in [5.74, 6) is 0.461. The molecule has 3 aromatic carbocycles. The maximum absolute atomic E-state index is 13.7. The van der Waals surface area contributed by atoms with Gasteiger partial charge in [-0.3, -0.25) is 4.79 Å². The molecule has 1 saturated heterocycles. The van der Waals surface area contributed by atoms with Crippen LogP contribution in [-0.2, 0) is 21.4 Å². The Labute approximate surface area is 214 Å². The zero-order valence-electron chi connectivity index (χ0n) is 20.8.